The molecule has 25 heavy (non-hydrogen) atoms. The molecule has 1 aromatic rings. The monoisotopic (exact) mass is 355 g/mol. The Kier molecular flexibility index (Phi) is 4.62. The highest BCUT2D eigenvalue weighted by atomic mass is 19.4. The van der Waals surface area contributed by atoms with Crippen molar-refractivity contribution in [3.63, 3.8) is 0 Å². The van der Waals surface area contributed by atoms with Crippen LogP contribution in [0.5, 0.6) is 0 Å². The Morgan fingerprint density at radius 3 is 2.24 bits per heavy atom. The van der Waals surface area contributed by atoms with Gasteiger partial charge in [0.05, 0.1) is 23.6 Å². The first-order chi connectivity index (χ1) is 11.7. The number of alkyl halides is 3. The summed E-state index contributed by atoms with van der Waals surface area (Å²) in [5.74, 6) is -0.555. The number of likely N-dealkylation sites (tertiary alicyclic amines) is 1. The molecule has 136 valence electrons. The van der Waals surface area contributed by atoms with Gasteiger partial charge in [0.25, 0.3) is 0 Å². The van der Waals surface area contributed by atoms with Crippen LogP contribution < -0.4 is 0 Å². The van der Waals surface area contributed by atoms with Crippen LogP contribution >= 0.6 is 0 Å². The zero-order chi connectivity index (χ0) is 18.2. The molecule has 1 aliphatic carbocycles. The number of rotatable bonds is 3. The lowest BCUT2D eigenvalue weighted by Gasteiger charge is -2.30. The molecule has 2 amide bonds. The van der Waals surface area contributed by atoms with E-state index in [2.05, 4.69) is 0 Å². The Morgan fingerprint density at radius 2 is 1.68 bits per heavy atom. The Bertz CT molecular complexity index is 663. The van der Waals surface area contributed by atoms with Crippen LogP contribution in [0.4, 0.5) is 13.2 Å². The van der Waals surface area contributed by atoms with Crippen molar-refractivity contribution in [3.05, 3.63) is 35.4 Å². The molecule has 7 heteroatoms. The molecule has 1 spiro atoms. The fourth-order valence-corrected chi connectivity index (χ4v) is 3.84. The van der Waals surface area contributed by atoms with E-state index in [0.29, 0.717) is 12.8 Å². The summed E-state index contributed by atoms with van der Waals surface area (Å²) in [5, 5.41) is 10.3. The van der Waals surface area contributed by atoms with Gasteiger partial charge in [-0.2, -0.15) is 13.2 Å². The van der Waals surface area contributed by atoms with Crippen molar-refractivity contribution >= 4 is 11.8 Å². The first-order valence-corrected chi connectivity index (χ1v) is 8.43. The molecule has 3 rings (SSSR count). The molecular weight excluding hydrogens is 335 g/mol. The summed E-state index contributed by atoms with van der Waals surface area (Å²) < 4.78 is 37.8. The quantitative estimate of drug-likeness (QED) is 0.845. The molecule has 2 fully saturated rings. The van der Waals surface area contributed by atoms with Gasteiger partial charge in [0, 0.05) is 6.42 Å². The first kappa shape index (κ1) is 17.9. The van der Waals surface area contributed by atoms with Gasteiger partial charge in [-0.25, -0.2) is 0 Å². The largest absolute Gasteiger partial charge is 0.416 e. The third-order valence-electron chi connectivity index (χ3n) is 5.28. The number of carbonyl (C=O) groups is 2. The smallest absolute Gasteiger partial charge is 0.387 e. The number of aliphatic hydroxyl groups is 1. The second kappa shape index (κ2) is 6.44. The van der Waals surface area contributed by atoms with Crippen LogP contribution in [0.2, 0.25) is 0 Å². The summed E-state index contributed by atoms with van der Waals surface area (Å²) in [6, 6.07) is 4.12. The van der Waals surface area contributed by atoms with Crippen molar-refractivity contribution in [1.29, 1.82) is 0 Å². The van der Waals surface area contributed by atoms with E-state index in [1.807, 2.05) is 0 Å². The molecular formula is C18H20F3NO3. The van der Waals surface area contributed by atoms with Gasteiger partial charge in [-0.1, -0.05) is 31.4 Å². The molecule has 1 aliphatic heterocycles. The number of β-amino-alcohol motifs (C(OH)–C–C–N with tert-alkyl or cyclic N) is 1. The highest BCUT2D eigenvalue weighted by Crippen LogP contribution is 2.45. The molecule has 4 nitrogen and oxygen atoms in total. The number of amides is 2. The van der Waals surface area contributed by atoms with Crippen LogP contribution in [0.3, 0.4) is 0 Å². The third kappa shape index (κ3) is 3.42. The van der Waals surface area contributed by atoms with E-state index in [4.69, 9.17) is 0 Å². The molecule has 0 radical (unpaired) electrons. The minimum Gasteiger partial charge on any atom is -0.387 e. The molecule has 1 atom stereocenters. The minimum atomic E-state index is -4.45. The first-order valence-electron chi connectivity index (χ1n) is 8.43. The second-order valence-electron chi connectivity index (χ2n) is 6.96. The topological polar surface area (TPSA) is 57.6 Å². The Hall–Kier alpha value is -1.89. The average molecular weight is 355 g/mol. The van der Waals surface area contributed by atoms with Gasteiger partial charge in [-0.15, -0.1) is 0 Å². The fraction of sp³-hybridized carbons (Fsp3) is 0.556. The van der Waals surface area contributed by atoms with Gasteiger partial charge in [0.15, 0.2) is 0 Å². The Balaban J connectivity index is 1.71. The summed E-state index contributed by atoms with van der Waals surface area (Å²) in [5.41, 5.74) is -1.19. The molecule has 1 saturated carbocycles. The van der Waals surface area contributed by atoms with E-state index in [-0.39, 0.29) is 30.3 Å². The maximum atomic E-state index is 12.7. The Labute approximate surface area is 143 Å². The van der Waals surface area contributed by atoms with Crippen molar-refractivity contribution in [3.8, 4) is 0 Å². The van der Waals surface area contributed by atoms with E-state index < -0.39 is 23.3 Å². The highest BCUT2D eigenvalue weighted by molar-refractivity contribution is 6.06. The summed E-state index contributed by atoms with van der Waals surface area (Å²) in [4.78, 5) is 26.0. The van der Waals surface area contributed by atoms with Gasteiger partial charge in [0.1, 0.15) is 0 Å². The fourth-order valence-electron chi connectivity index (χ4n) is 3.84. The predicted molar refractivity (Wildman–Crippen MR) is 83.3 cm³/mol. The lowest BCUT2D eigenvalue weighted by molar-refractivity contribution is -0.143. The summed E-state index contributed by atoms with van der Waals surface area (Å²) in [6.07, 6.45) is -1.23. The summed E-state index contributed by atoms with van der Waals surface area (Å²) in [6.45, 7) is -0.217. The average Bonchev–Trinajstić information content (AvgIpc) is 2.79. The van der Waals surface area contributed by atoms with Crippen molar-refractivity contribution in [2.24, 2.45) is 5.41 Å². The van der Waals surface area contributed by atoms with Crippen molar-refractivity contribution < 1.29 is 27.9 Å². The van der Waals surface area contributed by atoms with E-state index >= 15 is 0 Å². The van der Waals surface area contributed by atoms with Crippen LogP contribution in [-0.4, -0.2) is 28.4 Å². The van der Waals surface area contributed by atoms with E-state index in [1.54, 1.807) is 0 Å². The lowest BCUT2D eigenvalue weighted by Crippen LogP contribution is -2.39. The highest BCUT2D eigenvalue weighted by Gasteiger charge is 2.51. The van der Waals surface area contributed by atoms with Gasteiger partial charge in [-0.05, 0) is 30.5 Å². The number of aliphatic hydroxyl groups excluding tert-OH is 1. The van der Waals surface area contributed by atoms with Gasteiger partial charge in [0.2, 0.25) is 11.8 Å². The zero-order valence-corrected chi connectivity index (χ0v) is 13.7. The normalized spacial score (nSPS) is 21.8. The van der Waals surface area contributed by atoms with Gasteiger partial charge < -0.3 is 5.11 Å². The van der Waals surface area contributed by atoms with E-state index in [0.717, 1.165) is 36.3 Å². The van der Waals surface area contributed by atoms with E-state index in [1.165, 1.54) is 12.1 Å². The maximum absolute atomic E-state index is 12.7. The second-order valence-corrected chi connectivity index (χ2v) is 6.96. The van der Waals surface area contributed by atoms with Gasteiger partial charge in [-0.3, -0.25) is 14.5 Å². The molecule has 1 unspecified atom stereocenters. The lowest BCUT2D eigenvalue weighted by atomic mass is 9.73. The van der Waals surface area contributed by atoms with Crippen LogP contribution in [0.1, 0.15) is 55.8 Å². The van der Waals surface area contributed by atoms with Crippen molar-refractivity contribution in [2.75, 3.05) is 6.54 Å². The van der Waals surface area contributed by atoms with Crippen LogP contribution in [-0.2, 0) is 15.8 Å². The van der Waals surface area contributed by atoms with Crippen LogP contribution in [0, 0.1) is 5.41 Å². The number of nitrogens with zero attached hydrogens (tertiary/aromatic N) is 1. The number of hydrogen-bond donors (Lipinski definition) is 1. The Morgan fingerprint density at radius 1 is 1.08 bits per heavy atom. The number of carbonyl (C=O) groups excluding carboxylic acids is 2. The number of halogens is 3. The predicted octanol–water partition coefficient (Wildman–Crippen LogP) is 3.45. The van der Waals surface area contributed by atoms with Gasteiger partial charge >= 0.3 is 6.18 Å². The number of benzene rings is 1. The summed E-state index contributed by atoms with van der Waals surface area (Å²) >= 11 is 0. The zero-order valence-electron chi connectivity index (χ0n) is 13.7. The van der Waals surface area contributed by atoms with Crippen molar-refractivity contribution in [1.82, 2.24) is 4.90 Å². The number of hydrogen-bond acceptors (Lipinski definition) is 3. The molecule has 1 saturated heterocycles. The summed E-state index contributed by atoms with van der Waals surface area (Å²) in [7, 11) is 0. The van der Waals surface area contributed by atoms with Crippen LogP contribution in [0.15, 0.2) is 24.3 Å². The SMILES string of the molecule is O=C1CC2(CCCCC2)C(=O)N1CC(O)c1ccc(C(F)(F)F)cc1. The standard InChI is InChI=1S/C18H20F3NO3/c19-18(20,21)13-6-4-12(5-7-13)14(23)11-22-15(24)10-17(16(22)25)8-2-1-3-9-17/h4-7,14,23H,1-3,8-11H2. The third-order valence-corrected chi connectivity index (χ3v) is 5.28. The number of imide groups is 1. The molecule has 1 aromatic carbocycles. The minimum absolute atomic E-state index is 0.172. The molecule has 0 bridgehead atoms. The molecule has 1 heterocycles. The van der Waals surface area contributed by atoms with E-state index in [9.17, 15) is 27.9 Å². The molecule has 2 aliphatic rings. The molecule has 0 aromatic heterocycles. The molecule has 1 N–H and O–H groups in total. The maximum Gasteiger partial charge on any atom is 0.416 e. The van der Waals surface area contributed by atoms with Crippen LogP contribution in [0.25, 0.3) is 0 Å². The van der Waals surface area contributed by atoms with Crippen molar-refractivity contribution in [2.45, 2.75) is 50.8 Å².